The molecular weight excluding hydrogens is 272 g/mol. The summed E-state index contributed by atoms with van der Waals surface area (Å²) in [7, 11) is 0. The van der Waals surface area contributed by atoms with Crippen LogP contribution in [0.4, 0.5) is 5.69 Å². The van der Waals surface area contributed by atoms with Crippen molar-refractivity contribution < 1.29 is 19.5 Å². The Morgan fingerprint density at radius 2 is 2.10 bits per heavy atom. The third-order valence-electron chi connectivity index (χ3n) is 3.60. The Bertz CT molecular complexity index is 571. The van der Waals surface area contributed by atoms with E-state index < -0.39 is 11.9 Å². The average Bonchev–Trinajstić information content (AvgIpc) is 2.43. The molecule has 0 aromatic heterocycles. The summed E-state index contributed by atoms with van der Waals surface area (Å²) in [6.45, 7) is 1.86. The van der Waals surface area contributed by atoms with Crippen molar-refractivity contribution in [3.63, 3.8) is 0 Å². The first-order chi connectivity index (χ1) is 9.97. The number of rotatable bonds is 4. The number of likely N-dealkylation sites (tertiary alicyclic amines) is 1. The highest BCUT2D eigenvalue weighted by molar-refractivity contribution is 5.95. The van der Waals surface area contributed by atoms with E-state index in [4.69, 9.17) is 5.11 Å². The molecule has 1 atom stereocenters. The minimum absolute atomic E-state index is 0.0926. The molecule has 1 heterocycles. The van der Waals surface area contributed by atoms with E-state index in [1.54, 1.807) is 6.07 Å². The van der Waals surface area contributed by atoms with E-state index in [0.29, 0.717) is 12.1 Å². The summed E-state index contributed by atoms with van der Waals surface area (Å²) < 4.78 is 0. The first-order valence-electron chi connectivity index (χ1n) is 6.83. The number of anilines is 1. The molecule has 21 heavy (non-hydrogen) atoms. The van der Waals surface area contributed by atoms with Crippen LogP contribution in [-0.4, -0.2) is 40.9 Å². The van der Waals surface area contributed by atoms with Crippen molar-refractivity contribution in [2.45, 2.75) is 19.8 Å². The number of carboxylic acids is 1. The minimum Gasteiger partial charge on any atom is -0.481 e. The number of hydrogen-bond donors (Lipinski definition) is 2. The van der Waals surface area contributed by atoms with E-state index in [9.17, 15) is 14.4 Å². The zero-order chi connectivity index (χ0) is 15.4. The van der Waals surface area contributed by atoms with Crippen molar-refractivity contribution in [3.8, 4) is 0 Å². The summed E-state index contributed by atoms with van der Waals surface area (Å²) in [6.07, 6.45) is 0.513. The second-order valence-electron chi connectivity index (χ2n) is 5.21. The van der Waals surface area contributed by atoms with Crippen LogP contribution in [0.25, 0.3) is 0 Å². The highest BCUT2D eigenvalue weighted by Gasteiger charge is 2.31. The molecule has 1 aromatic carbocycles. The van der Waals surface area contributed by atoms with Crippen LogP contribution in [0.2, 0.25) is 0 Å². The number of nitrogens with zero attached hydrogens (tertiary/aromatic N) is 1. The standard InChI is InChI=1S/C15H18N2O4/c1-10-4-2-3-5-12(10)16-13(18)9-17-8-11(15(20)21)6-7-14(17)19/h2-5,11H,6-9H2,1H3,(H,16,18)(H,20,21). The van der Waals surface area contributed by atoms with Crippen LogP contribution < -0.4 is 5.32 Å². The number of amides is 2. The maximum absolute atomic E-state index is 12.0. The van der Waals surface area contributed by atoms with Gasteiger partial charge in [-0.15, -0.1) is 0 Å². The molecule has 6 heteroatoms. The number of carboxylic acid groups (broad SMARTS) is 1. The van der Waals surface area contributed by atoms with Gasteiger partial charge >= 0.3 is 5.97 Å². The zero-order valence-corrected chi connectivity index (χ0v) is 11.8. The Balaban J connectivity index is 1.96. The number of hydrogen-bond acceptors (Lipinski definition) is 3. The third-order valence-corrected chi connectivity index (χ3v) is 3.60. The molecule has 1 saturated heterocycles. The second kappa shape index (κ2) is 6.39. The first-order valence-corrected chi connectivity index (χ1v) is 6.83. The molecule has 0 saturated carbocycles. The van der Waals surface area contributed by atoms with Gasteiger partial charge in [-0.2, -0.15) is 0 Å². The Morgan fingerprint density at radius 1 is 1.38 bits per heavy atom. The molecular formula is C15H18N2O4. The fraction of sp³-hybridized carbons (Fsp3) is 0.400. The molecule has 1 unspecified atom stereocenters. The molecule has 1 aliphatic heterocycles. The topological polar surface area (TPSA) is 86.7 Å². The number of benzene rings is 1. The lowest BCUT2D eigenvalue weighted by molar-refractivity contribution is -0.148. The van der Waals surface area contributed by atoms with E-state index in [-0.39, 0.29) is 31.3 Å². The van der Waals surface area contributed by atoms with E-state index in [0.717, 1.165) is 5.56 Å². The average molecular weight is 290 g/mol. The highest BCUT2D eigenvalue weighted by atomic mass is 16.4. The SMILES string of the molecule is Cc1ccccc1NC(=O)CN1CC(C(=O)O)CCC1=O. The van der Waals surface area contributed by atoms with Gasteiger partial charge in [-0.25, -0.2) is 0 Å². The maximum Gasteiger partial charge on any atom is 0.308 e. The molecule has 2 amide bonds. The number of aliphatic carboxylic acids is 1. The van der Waals surface area contributed by atoms with Gasteiger partial charge in [-0.1, -0.05) is 18.2 Å². The Hall–Kier alpha value is -2.37. The van der Waals surface area contributed by atoms with Gasteiger partial charge in [0.2, 0.25) is 11.8 Å². The highest BCUT2D eigenvalue weighted by Crippen LogP contribution is 2.18. The second-order valence-corrected chi connectivity index (χ2v) is 5.21. The quantitative estimate of drug-likeness (QED) is 0.874. The van der Waals surface area contributed by atoms with Gasteiger partial charge < -0.3 is 15.3 Å². The van der Waals surface area contributed by atoms with Crippen LogP contribution in [0.15, 0.2) is 24.3 Å². The largest absolute Gasteiger partial charge is 0.481 e. The smallest absolute Gasteiger partial charge is 0.308 e. The molecule has 0 aliphatic carbocycles. The van der Waals surface area contributed by atoms with Gasteiger partial charge in [0, 0.05) is 18.7 Å². The van der Waals surface area contributed by atoms with Gasteiger partial charge in [-0.3, -0.25) is 14.4 Å². The lowest BCUT2D eigenvalue weighted by Gasteiger charge is -2.30. The summed E-state index contributed by atoms with van der Waals surface area (Å²) in [5, 5.41) is 11.8. The van der Waals surface area contributed by atoms with Crippen molar-refractivity contribution in [2.24, 2.45) is 5.92 Å². The van der Waals surface area contributed by atoms with E-state index >= 15 is 0 Å². The monoisotopic (exact) mass is 290 g/mol. The van der Waals surface area contributed by atoms with Crippen molar-refractivity contribution in [2.75, 3.05) is 18.4 Å². The fourth-order valence-electron chi connectivity index (χ4n) is 2.35. The van der Waals surface area contributed by atoms with Gasteiger partial charge in [0.1, 0.15) is 0 Å². The van der Waals surface area contributed by atoms with Crippen LogP contribution in [0.1, 0.15) is 18.4 Å². The van der Waals surface area contributed by atoms with E-state index in [1.165, 1.54) is 4.90 Å². The molecule has 1 aromatic rings. The Labute approximate surface area is 122 Å². The van der Waals surface area contributed by atoms with Crippen molar-refractivity contribution in [3.05, 3.63) is 29.8 Å². The molecule has 112 valence electrons. The number of carbonyl (C=O) groups excluding carboxylic acids is 2. The fourth-order valence-corrected chi connectivity index (χ4v) is 2.35. The van der Waals surface area contributed by atoms with Crippen molar-refractivity contribution in [1.29, 1.82) is 0 Å². The van der Waals surface area contributed by atoms with E-state index in [1.807, 2.05) is 25.1 Å². The maximum atomic E-state index is 12.0. The number of nitrogens with one attached hydrogen (secondary N) is 1. The normalized spacial score (nSPS) is 18.4. The van der Waals surface area contributed by atoms with Crippen molar-refractivity contribution >= 4 is 23.5 Å². The summed E-state index contributed by atoms with van der Waals surface area (Å²) >= 11 is 0. The Morgan fingerprint density at radius 3 is 2.76 bits per heavy atom. The lowest BCUT2D eigenvalue weighted by atomic mass is 9.98. The number of piperidine rings is 1. The lowest BCUT2D eigenvalue weighted by Crippen LogP contribution is -2.46. The summed E-state index contributed by atoms with van der Waals surface area (Å²) in [5.41, 5.74) is 1.63. The molecule has 0 spiro atoms. The third kappa shape index (κ3) is 3.81. The summed E-state index contributed by atoms with van der Waals surface area (Å²) in [5.74, 6) is -2.00. The molecule has 1 aliphatic rings. The predicted octanol–water partition coefficient (Wildman–Crippen LogP) is 1.26. The zero-order valence-electron chi connectivity index (χ0n) is 11.8. The molecule has 1 fully saturated rings. The van der Waals surface area contributed by atoms with Gasteiger partial charge in [-0.05, 0) is 25.0 Å². The molecule has 6 nitrogen and oxygen atoms in total. The molecule has 0 radical (unpaired) electrons. The molecule has 0 bridgehead atoms. The van der Waals surface area contributed by atoms with Crippen LogP contribution in [0.3, 0.4) is 0 Å². The number of carbonyl (C=O) groups is 3. The number of para-hydroxylation sites is 1. The first kappa shape index (κ1) is 15.0. The molecule has 2 N–H and O–H groups in total. The van der Waals surface area contributed by atoms with Gasteiger partial charge in [0.15, 0.2) is 0 Å². The van der Waals surface area contributed by atoms with Crippen LogP contribution in [-0.2, 0) is 14.4 Å². The van der Waals surface area contributed by atoms with Gasteiger partial charge in [0.05, 0.1) is 12.5 Å². The molecule has 2 rings (SSSR count). The van der Waals surface area contributed by atoms with Crippen LogP contribution in [0, 0.1) is 12.8 Å². The number of aryl methyl sites for hydroxylation is 1. The predicted molar refractivity (Wildman–Crippen MR) is 76.7 cm³/mol. The van der Waals surface area contributed by atoms with Crippen LogP contribution >= 0.6 is 0 Å². The van der Waals surface area contributed by atoms with Gasteiger partial charge in [0.25, 0.3) is 0 Å². The summed E-state index contributed by atoms with van der Waals surface area (Å²) in [4.78, 5) is 36.1. The van der Waals surface area contributed by atoms with E-state index in [2.05, 4.69) is 5.32 Å². The van der Waals surface area contributed by atoms with Crippen LogP contribution in [0.5, 0.6) is 0 Å². The Kier molecular flexibility index (Phi) is 4.57. The minimum atomic E-state index is -0.924. The van der Waals surface area contributed by atoms with Crippen molar-refractivity contribution in [1.82, 2.24) is 4.90 Å². The summed E-state index contributed by atoms with van der Waals surface area (Å²) in [6, 6.07) is 7.35.